The van der Waals surface area contributed by atoms with Crippen LogP contribution in [0.3, 0.4) is 0 Å². The summed E-state index contributed by atoms with van der Waals surface area (Å²) >= 11 is 0. The van der Waals surface area contributed by atoms with Gasteiger partial charge in [0.25, 0.3) is 0 Å². The third-order valence-electron chi connectivity index (χ3n) is 3.10. The third kappa shape index (κ3) is 2.40. The third-order valence-corrected chi connectivity index (χ3v) is 3.10. The highest BCUT2D eigenvalue weighted by Crippen LogP contribution is 2.15. The first-order valence-electron chi connectivity index (χ1n) is 6.21. The minimum atomic E-state index is -0.360. The van der Waals surface area contributed by atoms with Crippen molar-refractivity contribution in [3.63, 3.8) is 0 Å². The smallest absolute Gasteiger partial charge is 0.167 e. The van der Waals surface area contributed by atoms with Gasteiger partial charge in [-0.05, 0) is 29.8 Å². The first-order valence-corrected chi connectivity index (χ1v) is 6.21. The van der Waals surface area contributed by atoms with Gasteiger partial charge in [0, 0.05) is 24.4 Å². The largest absolute Gasteiger partial charge is 0.294 e. The molecular weight excluding hydrogens is 255 g/mol. The highest BCUT2D eigenvalue weighted by atomic mass is 19.1. The maximum Gasteiger partial charge on any atom is 0.167 e. The molecule has 1 heterocycles. The fourth-order valence-corrected chi connectivity index (χ4v) is 2.05. The number of nitrogens with zero attached hydrogens (tertiary/aromatic N) is 2. The molecule has 3 aromatic rings. The van der Waals surface area contributed by atoms with Crippen molar-refractivity contribution < 1.29 is 9.18 Å². The van der Waals surface area contributed by atoms with E-state index in [2.05, 4.69) is 9.97 Å². The molecule has 0 aliphatic carbocycles. The molecule has 0 aliphatic rings. The topological polar surface area (TPSA) is 42.9 Å². The lowest BCUT2D eigenvalue weighted by Crippen LogP contribution is -2.05. The van der Waals surface area contributed by atoms with E-state index in [4.69, 9.17) is 0 Å². The first kappa shape index (κ1) is 12.4. The monoisotopic (exact) mass is 266 g/mol. The number of ketones is 1. The number of hydrogen-bond donors (Lipinski definition) is 0. The van der Waals surface area contributed by atoms with Crippen LogP contribution in [0, 0.1) is 5.82 Å². The summed E-state index contributed by atoms with van der Waals surface area (Å²) in [6.07, 6.45) is 3.22. The summed E-state index contributed by atoms with van der Waals surface area (Å²) in [6.45, 7) is 0. The Hall–Kier alpha value is -2.62. The van der Waals surface area contributed by atoms with E-state index < -0.39 is 0 Å². The van der Waals surface area contributed by atoms with Crippen LogP contribution in [0.4, 0.5) is 4.39 Å². The van der Waals surface area contributed by atoms with Gasteiger partial charge in [0.2, 0.25) is 0 Å². The molecule has 2 aromatic carbocycles. The molecule has 0 N–H and O–H groups in total. The van der Waals surface area contributed by atoms with Crippen LogP contribution in [-0.2, 0) is 6.42 Å². The second-order valence-electron chi connectivity index (χ2n) is 4.45. The Bertz CT molecular complexity index is 786. The fraction of sp³-hybridized carbons (Fsp3) is 0.0625. The van der Waals surface area contributed by atoms with Gasteiger partial charge in [0.1, 0.15) is 5.82 Å². The second-order valence-corrected chi connectivity index (χ2v) is 4.45. The Morgan fingerprint density at radius 1 is 1.00 bits per heavy atom. The number of carbonyl (C=O) groups is 1. The Kier molecular flexibility index (Phi) is 3.21. The molecule has 0 bridgehead atoms. The average molecular weight is 266 g/mol. The van der Waals surface area contributed by atoms with E-state index in [1.165, 1.54) is 6.07 Å². The summed E-state index contributed by atoms with van der Waals surface area (Å²) in [5.74, 6) is -0.496. The summed E-state index contributed by atoms with van der Waals surface area (Å²) in [5.41, 5.74) is 2.31. The van der Waals surface area contributed by atoms with Gasteiger partial charge in [-0.25, -0.2) is 4.39 Å². The Balaban J connectivity index is 1.91. The lowest BCUT2D eigenvalue weighted by molar-refractivity contribution is 0.0992. The van der Waals surface area contributed by atoms with E-state index in [9.17, 15) is 9.18 Å². The van der Waals surface area contributed by atoms with Crippen molar-refractivity contribution in [3.05, 3.63) is 71.8 Å². The average Bonchev–Trinajstić information content (AvgIpc) is 2.49. The van der Waals surface area contributed by atoms with Gasteiger partial charge in [0.05, 0.1) is 11.0 Å². The van der Waals surface area contributed by atoms with Crippen molar-refractivity contribution in [2.45, 2.75) is 6.42 Å². The molecule has 3 nitrogen and oxygen atoms in total. The molecule has 0 atom stereocenters. The van der Waals surface area contributed by atoms with E-state index in [0.29, 0.717) is 16.6 Å². The van der Waals surface area contributed by atoms with Gasteiger partial charge in [-0.3, -0.25) is 14.8 Å². The number of hydrogen-bond acceptors (Lipinski definition) is 3. The lowest BCUT2D eigenvalue weighted by atomic mass is 10.0. The van der Waals surface area contributed by atoms with Crippen molar-refractivity contribution >= 4 is 16.8 Å². The van der Waals surface area contributed by atoms with Crippen LogP contribution >= 0.6 is 0 Å². The Labute approximate surface area is 115 Å². The number of Topliss-reactive ketones (excluding diaryl/α,β-unsaturated/α-hetero) is 1. The highest BCUT2D eigenvalue weighted by molar-refractivity contribution is 5.99. The summed E-state index contributed by atoms with van der Waals surface area (Å²) < 4.78 is 13.5. The number of aromatic nitrogens is 2. The molecule has 0 saturated carbocycles. The molecule has 0 radical (unpaired) electrons. The van der Waals surface area contributed by atoms with Crippen LogP contribution in [0.2, 0.25) is 0 Å². The van der Waals surface area contributed by atoms with Gasteiger partial charge in [-0.2, -0.15) is 0 Å². The molecular formula is C16H11FN2O. The van der Waals surface area contributed by atoms with E-state index in [-0.39, 0.29) is 18.0 Å². The summed E-state index contributed by atoms with van der Waals surface area (Å²) in [4.78, 5) is 20.5. The summed E-state index contributed by atoms with van der Waals surface area (Å²) in [5, 5.41) is 0. The van der Waals surface area contributed by atoms with Crippen molar-refractivity contribution in [1.29, 1.82) is 0 Å². The van der Waals surface area contributed by atoms with Crippen LogP contribution in [0.1, 0.15) is 15.9 Å². The minimum absolute atomic E-state index is 0.0401. The molecule has 0 spiro atoms. The number of carbonyl (C=O) groups excluding carboxylic acids is 1. The van der Waals surface area contributed by atoms with Crippen molar-refractivity contribution in [2.75, 3.05) is 0 Å². The highest BCUT2D eigenvalue weighted by Gasteiger charge is 2.11. The zero-order valence-electron chi connectivity index (χ0n) is 10.6. The minimum Gasteiger partial charge on any atom is -0.294 e. The maximum atomic E-state index is 13.5. The van der Waals surface area contributed by atoms with Crippen molar-refractivity contribution in [2.24, 2.45) is 0 Å². The lowest BCUT2D eigenvalue weighted by Gasteiger charge is -2.04. The molecule has 0 aliphatic heterocycles. The maximum absolute atomic E-state index is 13.5. The van der Waals surface area contributed by atoms with Gasteiger partial charge < -0.3 is 0 Å². The number of fused-ring (bicyclic) bond motifs is 1. The van der Waals surface area contributed by atoms with E-state index in [1.807, 2.05) is 0 Å². The van der Waals surface area contributed by atoms with E-state index in [0.717, 1.165) is 5.52 Å². The van der Waals surface area contributed by atoms with Gasteiger partial charge in [0.15, 0.2) is 5.78 Å². The summed E-state index contributed by atoms with van der Waals surface area (Å²) in [6, 6.07) is 11.4. The van der Waals surface area contributed by atoms with Crippen LogP contribution < -0.4 is 0 Å². The second kappa shape index (κ2) is 5.17. The van der Waals surface area contributed by atoms with Crippen LogP contribution in [0.15, 0.2) is 54.9 Å². The predicted octanol–water partition coefficient (Wildman–Crippen LogP) is 3.19. The van der Waals surface area contributed by atoms with E-state index >= 15 is 0 Å². The fourth-order valence-electron chi connectivity index (χ4n) is 2.05. The standard InChI is InChI=1S/C16H11FN2O/c17-13-4-2-1-3-11(13)10-16(20)12-5-6-14-15(9-12)19-8-7-18-14/h1-9H,10H2. The van der Waals surface area contributed by atoms with Crippen molar-refractivity contribution in [1.82, 2.24) is 9.97 Å². The zero-order valence-corrected chi connectivity index (χ0v) is 10.6. The first-order chi connectivity index (χ1) is 9.74. The molecule has 3 rings (SSSR count). The molecule has 98 valence electrons. The quantitative estimate of drug-likeness (QED) is 0.684. The number of benzene rings is 2. The van der Waals surface area contributed by atoms with Gasteiger partial charge >= 0.3 is 0 Å². The molecule has 4 heteroatoms. The zero-order chi connectivity index (χ0) is 13.9. The summed E-state index contributed by atoms with van der Waals surface area (Å²) in [7, 11) is 0. The normalized spacial score (nSPS) is 10.7. The molecule has 0 fully saturated rings. The number of rotatable bonds is 3. The van der Waals surface area contributed by atoms with Crippen LogP contribution in [0.5, 0.6) is 0 Å². The molecule has 0 saturated heterocycles. The molecule has 20 heavy (non-hydrogen) atoms. The molecule has 0 amide bonds. The predicted molar refractivity (Wildman–Crippen MR) is 74.0 cm³/mol. The van der Waals surface area contributed by atoms with Crippen molar-refractivity contribution in [3.8, 4) is 0 Å². The number of halogens is 1. The Morgan fingerprint density at radius 2 is 1.75 bits per heavy atom. The van der Waals surface area contributed by atoms with Crippen LogP contribution in [0.25, 0.3) is 11.0 Å². The molecule has 0 unspecified atom stereocenters. The van der Waals surface area contributed by atoms with Gasteiger partial charge in [-0.15, -0.1) is 0 Å². The SMILES string of the molecule is O=C(Cc1ccccc1F)c1ccc2nccnc2c1. The van der Waals surface area contributed by atoms with Gasteiger partial charge in [-0.1, -0.05) is 18.2 Å². The molecule has 1 aromatic heterocycles. The van der Waals surface area contributed by atoms with Crippen LogP contribution in [-0.4, -0.2) is 15.8 Å². The van der Waals surface area contributed by atoms with E-state index in [1.54, 1.807) is 48.8 Å². The Morgan fingerprint density at radius 3 is 2.55 bits per heavy atom.